The van der Waals surface area contributed by atoms with E-state index in [2.05, 4.69) is 17.6 Å². The molecule has 1 saturated heterocycles. The minimum atomic E-state index is -0.676. The van der Waals surface area contributed by atoms with Crippen LogP contribution >= 0.6 is 11.8 Å². The summed E-state index contributed by atoms with van der Waals surface area (Å²) in [4.78, 5) is 37.7. The van der Waals surface area contributed by atoms with Gasteiger partial charge in [-0.25, -0.2) is 4.79 Å². The summed E-state index contributed by atoms with van der Waals surface area (Å²) in [5.41, 5.74) is 6.19. The van der Waals surface area contributed by atoms with Crippen molar-refractivity contribution in [3.8, 4) is 5.75 Å². The Bertz CT molecular complexity index is 856. The van der Waals surface area contributed by atoms with Gasteiger partial charge in [0.15, 0.2) is 5.78 Å². The predicted octanol–water partition coefficient (Wildman–Crippen LogP) is 4.25. The Morgan fingerprint density at radius 1 is 1.14 bits per heavy atom. The first-order valence-electron chi connectivity index (χ1n) is 13.1. The van der Waals surface area contributed by atoms with E-state index in [1.807, 2.05) is 13.8 Å². The van der Waals surface area contributed by atoms with Gasteiger partial charge in [0.05, 0.1) is 11.7 Å². The molecule has 194 valence electrons. The molecule has 4 N–H and O–H groups in total. The standard InChI is InChI=1S/C27H41N3O4S/c1-4-17(3)24(28)26(33)34-20-13-11-19(12-14-20)23(31)16-35-27-29-22(21(5-2)25(32)30-27)15-18-9-7-6-8-10-18/h11-14,17-18,21-22,24,27,29H,4-10,15-16,28H2,1-3H3,(H,30,32)/t17-,21?,22?,24-,27?/m1/s1. The van der Waals surface area contributed by atoms with E-state index >= 15 is 0 Å². The summed E-state index contributed by atoms with van der Waals surface area (Å²) < 4.78 is 5.36. The summed E-state index contributed by atoms with van der Waals surface area (Å²) in [6.07, 6.45) is 9.03. The van der Waals surface area contributed by atoms with Gasteiger partial charge in [0, 0.05) is 11.6 Å². The van der Waals surface area contributed by atoms with E-state index in [0.717, 1.165) is 19.3 Å². The highest BCUT2D eigenvalue weighted by Crippen LogP contribution is 2.31. The fourth-order valence-electron chi connectivity index (χ4n) is 4.97. The molecule has 2 fully saturated rings. The average Bonchev–Trinajstić information content (AvgIpc) is 2.87. The maximum absolute atomic E-state index is 12.8. The van der Waals surface area contributed by atoms with Gasteiger partial charge in [0.1, 0.15) is 17.3 Å². The van der Waals surface area contributed by atoms with E-state index in [0.29, 0.717) is 17.2 Å². The molecule has 1 amide bonds. The van der Waals surface area contributed by atoms with Gasteiger partial charge in [-0.1, -0.05) is 59.3 Å². The van der Waals surface area contributed by atoms with Gasteiger partial charge in [0.2, 0.25) is 5.91 Å². The van der Waals surface area contributed by atoms with Crippen molar-refractivity contribution in [2.45, 2.75) is 89.7 Å². The van der Waals surface area contributed by atoms with Crippen LogP contribution in [0.3, 0.4) is 0 Å². The first-order valence-corrected chi connectivity index (χ1v) is 14.2. The second-order valence-corrected chi connectivity index (χ2v) is 11.1. The molecular weight excluding hydrogens is 462 g/mol. The maximum atomic E-state index is 12.8. The van der Waals surface area contributed by atoms with Crippen molar-refractivity contribution < 1.29 is 19.1 Å². The summed E-state index contributed by atoms with van der Waals surface area (Å²) in [6, 6.07) is 6.03. The summed E-state index contributed by atoms with van der Waals surface area (Å²) >= 11 is 1.41. The van der Waals surface area contributed by atoms with Crippen LogP contribution < -0.4 is 21.1 Å². The molecule has 3 rings (SSSR count). The molecule has 3 unspecified atom stereocenters. The number of Topliss-reactive ketones (excluding diaryl/α,β-unsaturated/α-hetero) is 1. The second-order valence-electron chi connectivity index (χ2n) is 10.0. The Morgan fingerprint density at radius 3 is 2.46 bits per heavy atom. The Balaban J connectivity index is 1.51. The van der Waals surface area contributed by atoms with Crippen molar-refractivity contribution in [1.82, 2.24) is 10.6 Å². The molecule has 0 spiro atoms. The zero-order valence-corrected chi connectivity index (χ0v) is 22.1. The number of carbonyl (C=O) groups is 3. The zero-order valence-electron chi connectivity index (χ0n) is 21.3. The maximum Gasteiger partial charge on any atom is 0.328 e. The number of thioether (sulfide) groups is 1. The summed E-state index contributed by atoms with van der Waals surface area (Å²) in [7, 11) is 0. The van der Waals surface area contributed by atoms with E-state index < -0.39 is 12.0 Å². The van der Waals surface area contributed by atoms with Crippen LogP contribution in [0.2, 0.25) is 0 Å². The highest BCUT2D eigenvalue weighted by molar-refractivity contribution is 8.00. The van der Waals surface area contributed by atoms with Crippen LogP contribution in [0.15, 0.2) is 24.3 Å². The van der Waals surface area contributed by atoms with Crippen LogP contribution in [-0.4, -0.2) is 41.0 Å². The van der Waals surface area contributed by atoms with E-state index in [4.69, 9.17) is 10.5 Å². The van der Waals surface area contributed by atoms with Gasteiger partial charge >= 0.3 is 5.97 Å². The molecule has 35 heavy (non-hydrogen) atoms. The van der Waals surface area contributed by atoms with Gasteiger partial charge in [-0.15, -0.1) is 11.8 Å². The number of amides is 1. The molecule has 1 aromatic rings. The zero-order chi connectivity index (χ0) is 25.4. The SMILES string of the molecule is CCC1C(=O)NC(SCC(=O)c2ccc(OC(=O)[C@H](N)[C@H](C)CC)cc2)NC1CC1CCCCC1. The number of ether oxygens (including phenoxy) is 1. The van der Waals surface area contributed by atoms with Crippen molar-refractivity contribution in [3.05, 3.63) is 29.8 Å². The highest BCUT2D eigenvalue weighted by Gasteiger charge is 2.36. The summed E-state index contributed by atoms with van der Waals surface area (Å²) in [5, 5.41) is 6.64. The molecule has 0 aromatic heterocycles. The molecule has 0 bridgehead atoms. The van der Waals surface area contributed by atoms with E-state index in [1.165, 1.54) is 43.9 Å². The number of nitrogens with one attached hydrogen (secondary N) is 2. The van der Waals surface area contributed by atoms with Crippen molar-refractivity contribution in [1.29, 1.82) is 0 Å². The minimum Gasteiger partial charge on any atom is -0.425 e. The van der Waals surface area contributed by atoms with E-state index in [9.17, 15) is 14.4 Å². The molecule has 1 aliphatic carbocycles. The number of hydrogen-bond donors (Lipinski definition) is 3. The van der Waals surface area contributed by atoms with Crippen LogP contribution in [0, 0.1) is 17.8 Å². The lowest BCUT2D eigenvalue weighted by Gasteiger charge is -2.39. The number of ketones is 1. The fraction of sp³-hybridized carbons (Fsp3) is 0.667. The molecule has 1 saturated carbocycles. The van der Waals surface area contributed by atoms with E-state index in [1.54, 1.807) is 24.3 Å². The van der Waals surface area contributed by atoms with Crippen molar-refractivity contribution in [3.63, 3.8) is 0 Å². The normalized spacial score (nSPS) is 24.9. The van der Waals surface area contributed by atoms with Gasteiger partial charge in [-0.05, 0) is 48.9 Å². The molecule has 1 aliphatic heterocycles. The Kier molecular flexibility index (Phi) is 10.6. The number of rotatable bonds is 11. The molecule has 7 nitrogen and oxygen atoms in total. The van der Waals surface area contributed by atoms with Crippen molar-refractivity contribution in [2.24, 2.45) is 23.5 Å². The van der Waals surface area contributed by atoms with Crippen LogP contribution in [0.25, 0.3) is 0 Å². The molecule has 1 aromatic carbocycles. The van der Waals surface area contributed by atoms with Crippen LogP contribution in [-0.2, 0) is 9.59 Å². The third kappa shape index (κ3) is 7.79. The first kappa shape index (κ1) is 27.7. The molecule has 1 heterocycles. The third-order valence-electron chi connectivity index (χ3n) is 7.52. The topological polar surface area (TPSA) is 111 Å². The number of carbonyl (C=O) groups excluding carboxylic acids is 3. The van der Waals surface area contributed by atoms with Gasteiger partial charge in [-0.3, -0.25) is 14.9 Å². The smallest absolute Gasteiger partial charge is 0.328 e. The molecule has 0 radical (unpaired) electrons. The molecule has 8 heteroatoms. The summed E-state index contributed by atoms with van der Waals surface area (Å²) in [5.74, 6) is 0.873. The van der Waals surface area contributed by atoms with Crippen molar-refractivity contribution >= 4 is 29.4 Å². The first-order chi connectivity index (χ1) is 16.8. The highest BCUT2D eigenvalue weighted by atomic mass is 32.2. The predicted molar refractivity (Wildman–Crippen MR) is 140 cm³/mol. The quantitative estimate of drug-likeness (QED) is 0.235. The van der Waals surface area contributed by atoms with Gasteiger partial charge in [0.25, 0.3) is 0 Å². The fourth-order valence-corrected chi connectivity index (χ4v) is 5.92. The number of hydrogen-bond acceptors (Lipinski definition) is 7. The Hall–Kier alpha value is -1.90. The number of nitrogens with two attached hydrogens (primary N) is 1. The second kappa shape index (κ2) is 13.4. The average molecular weight is 504 g/mol. The third-order valence-corrected chi connectivity index (χ3v) is 8.53. The lowest BCUT2D eigenvalue weighted by atomic mass is 9.80. The number of esters is 1. The van der Waals surface area contributed by atoms with Gasteiger partial charge in [-0.2, -0.15) is 0 Å². The monoisotopic (exact) mass is 503 g/mol. The number of benzene rings is 1. The minimum absolute atomic E-state index is 0.0202. The van der Waals surface area contributed by atoms with Crippen LogP contribution in [0.4, 0.5) is 0 Å². The van der Waals surface area contributed by atoms with Crippen LogP contribution in [0.1, 0.15) is 82.5 Å². The Morgan fingerprint density at radius 2 is 1.83 bits per heavy atom. The lowest BCUT2D eigenvalue weighted by molar-refractivity contribution is -0.137. The molecular formula is C27H41N3O4S. The lowest BCUT2D eigenvalue weighted by Crippen LogP contribution is -2.60. The summed E-state index contributed by atoms with van der Waals surface area (Å²) in [6.45, 7) is 5.95. The van der Waals surface area contributed by atoms with E-state index in [-0.39, 0.29) is 40.8 Å². The van der Waals surface area contributed by atoms with Crippen LogP contribution in [0.5, 0.6) is 5.75 Å². The van der Waals surface area contributed by atoms with Gasteiger partial charge < -0.3 is 15.8 Å². The van der Waals surface area contributed by atoms with Crippen molar-refractivity contribution in [2.75, 3.05) is 5.75 Å². The molecule has 2 aliphatic rings. The molecule has 5 atom stereocenters. The largest absolute Gasteiger partial charge is 0.425 e. The Labute approximate surface area is 213 Å².